The van der Waals surface area contributed by atoms with E-state index >= 15 is 0 Å². The number of hydrogen-bond donors (Lipinski definition) is 1. The van der Waals surface area contributed by atoms with E-state index in [-0.39, 0.29) is 22.9 Å². The first-order valence-corrected chi connectivity index (χ1v) is 11.8. The molecular formula is C22H18F3N5O4S. The molecule has 35 heavy (non-hydrogen) atoms. The molecule has 1 aliphatic heterocycles. The second-order valence-corrected chi connectivity index (χ2v) is 9.87. The van der Waals surface area contributed by atoms with Crippen LogP contribution >= 0.6 is 0 Å². The van der Waals surface area contributed by atoms with Gasteiger partial charge in [-0.3, -0.25) is 4.68 Å². The van der Waals surface area contributed by atoms with Crippen molar-refractivity contribution in [1.29, 1.82) is 0 Å². The van der Waals surface area contributed by atoms with Gasteiger partial charge in [-0.25, -0.2) is 12.8 Å². The Kier molecular flexibility index (Phi) is 5.69. The van der Waals surface area contributed by atoms with Crippen molar-refractivity contribution >= 4 is 10.0 Å². The third-order valence-corrected chi connectivity index (χ3v) is 7.65. The minimum atomic E-state index is -4.16. The highest BCUT2D eigenvalue weighted by Gasteiger charge is 2.43. The standard InChI is InChI=1S/C22H18F3N5O4S/c1-29-10-15(9-26-29)18(19(31)12-4-6-16(23)7-5-12)30-11-14-3-2-13(8-17(14)35(30,32)33)21-27-28-22(34-21)20(24)25/h2-10,18-20,31H,11H2,1H3. The van der Waals surface area contributed by atoms with E-state index < -0.39 is 40.3 Å². The molecule has 1 N–H and O–H groups in total. The molecule has 4 aromatic rings. The van der Waals surface area contributed by atoms with Gasteiger partial charge in [0, 0.05) is 30.9 Å². The largest absolute Gasteiger partial charge is 0.415 e. The molecule has 182 valence electrons. The van der Waals surface area contributed by atoms with Gasteiger partial charge in [-0.05, 0) is 35.4 Å². The lowest BCUT2D eigenvalue weighted by molar-refractivity contribution is 0.0884. The molecule has 0 spiro atoms. The summed E-state index contributed by atoms with van der Waals surface area (Å²) in [6.45, 7) is -0.0676. The number of rotatable bonds is 6. The number of fused-ring (bicyclic) bond motifs is 1. The molecule has 2 aromatic carbocycles. The fourth-order valence-corrected chi connectivity index (χ4v) is 5.90. The first kappa shape index (κ1) is 23.2. The van der Waals surface area contributed by atoms with E-state index in [1.165, 1.54) is 53.3 Å². The van der Waals surface area contributed by atoms with Gasteiger partial charge in [-0.15, -0.1) is 10.2 Å². The highest BCUT2D eigenvalue weighted by molar-refractivity contribution is 7.89. The highest BCUT2D eigenvalue weighted by atomic mass is 32.2. The van der Waals surface area contributed by atoms with Crippen molar-refractivity contribution in [2.24, 2.45) is 7.05 Å². The van der Waals surface area contributed by atoms with Crippen molar-refractivity contribution < 1.29 is 31.1 Å². The van der Waals surface area contributed by atoms with Gasteiger partial charge in [0.2, 0.25) is 15.9 Å². The number of benzene rings is 2. The normalized spacial score (nSPS) is 17.0. The van der Waals surface area contributed by atoms with Crippen LogP contribution in [0.1, 0.15) is 41.2 Å². The zero-order chi connectivity index (χ0) is 24.9. The second-order valence-electron chi connectivity index (χ2n) is 8.01. The summed E-state index contributed by atoms with van der Waals surface area (Å²) < 4.78 is 73.9. The molecule has 0 fully saturated rings. The van der Waals surface area contributed by atoms with Gasteiger partial charge in [0.05, 0.1) is 23.2 Å². The van der Waals surface area contributed by atoms with Gasteiger partial charge in [-0.2, -0.15) is 18.2 Å². The highest BCUT2D eigenvalue weighted by Crippen LogP contribution is 2.43. The lowest BCUT2D eigenvalue weighted by Gasteiger charge is -2.30. The van der Waals surface area contributed by atoms with Gasteiger partial charge < -0.3 is 9.52 Å². The van der Waals surface area contributed by atoms with E-state index in [2.05, 4.69) is 15.3 Å². The minimum Gasteiger partial charge on any atom is -0.415 e. The Morgan fingerprint density at radius 1 is 1.09 bits per heavy atom. The van der Waals surface area contributed by atoms with Crippen LogP contribution in [0.4, 0.5) is 13.2 Å². The smallest absolute Gasteiger partial charge is 0.314 e. The van der Waals surface area contributed by atoms with Crippen molar-refractivity contribution in [3.63, 3.8) is 0 Å². The predicted octanol–water partition coefficient (Wildman–Crippen LogP) is 3.53. The van der Waals surface area contributed by atoms with Crippen LogP contribution in [0.5, 0.6) is 0 Å². The van der Waals surface area contributed by atoms with E-state index in [1.54, 1.807) is 13.2 Å². The van der Waals surface area contributed by atoms with Crippen LogP contribution in [0, 0.1) is 5.82 Å². The van der Waals surface area contributed by atoms with Crippen molar-refractivity contribution in [2.45, 2.75) is 30.0 Å². The number of nitrogens with zero attached hydrogens (tertiary/aromatic N) is 5. The minimum absolute atomic E-state index is 0.0676. The van der Waals surface area contributed by atoms with Crippen molar-refractivity contribution in [2.75, 3.05) is 0 Å². The van der Waals surface area contributed by atoms with E-state index in [1.807, 2.05) is 0 Å². The predicted molar refractivity (Wildman–Crippen MR) is 115 cm³/mol. The van der Waals surface area contributed by atoms with E-state index in [4.69, 9.17) is 4.42 Å². The summed E-state index contributed by atoms with van der Waals surface area (Å²) in [6, 6.07) is 8.34. The Hall–Kier alpha value is -3.55. The molecule has 9 nitrogen and oxygen atoms in total. The Labute approximate surface area is 197 Å². The maximum atomic E-state index is 13.6. The van der Waals surface area contributed by atoms with Crippen LogP contribution < -0.4 is 0 Å². The van der Waals surface area contributed by atoms with Crippen LogP contribution in [-0.2, 0) is 23.6 Å². The van der Waals surface area contributed by atoms with Gasteiger partial charge in [-0.1, -0.05) is 18.2 Å². The molecule has 0 radical (unpaired) electrons. The SMILES string of the molecule is Cn1cc(C(C(O)c2ccc(F)cc2)N2Cc3ccc(-c4nnc(C(F)F)o4)cc3S2(=O)=O)cn1. The molecule has 0 saturated heterocycles. The Morgan fingerprint density at radius 3 is 2.46 bits per heavy atom. The second kappa shape index (κ2) is 8.59. The molecule has 0 amide bonds. The summed E-state index contributed by atoms with van der Waals surface area (Å²) in [6.07, 6.45) is -1.26. The molecule has 13 heteroatoms. The molecule has 0 aliphatic carbocycles. The Balaban J connectivity index is 1.56. The monoisotopic (exact) mass is 505 g/mol. The van der Waals surface area contributed by atoms with Crippen molar-refractivity contribution in [3.05, 3.63) is 83.3 Å². The Morgan fingerprint density at radius 2 is 1.83 bits per heavy atom. The van der Waals surface area contributed by atoms with Gasteiger partial charge >= 0.3 is 6.43 Å². The quantitative estimate of drug-likeness (QED) is 0.426. The number of aryl methyl sites for hydroxylation is 1. The molecule has 2 aromatic heterocycles. The van der Waals surface area contributed by atoms with Gasteiger partial charge in [0.1, 0.15) is 5.82 Å². The average molecular weight is 505 g/mol. The molecular weight excluding hydrogens is 487 g/mol. The summed E-state index contributed by atoms with van der Waals surface area (Å²) in [5, 5.41) is 22.2. The van der Waals surface area contributed by atoms with Gasteiger partial charge in [0.25, 0.3) is 5.89 Å². The number of aliphatic hydroxyl groups excluding tert-OH is 1. The maximum Gasteiger partial charge on any atom is 0.314 e. The zero-order valence-electron chi connectivity index (χ0n) is 18.1. The summed E-state index contributed by atoms with van der Waals surface area (Å²) >= 11 is 0. The number of alkyl halides is 2. The average Bonchev–Trinajstić information content (AvgIpc) is 3.54. The first-order valence-electron chi connectivity index (χ1n) is 10.3. The van der Waals surface area contributed by atoms with Crippen LogP contribution in [0.15, 0.2) is 64.2 Å². The number of sulfonamides is 1. The number of aliphatic hydroxyl groups is 1. The molecule has 2 atom stereocenters. The van der Waals surface area contributed by atoms with Crippen molar-refractivity contribution in [3.8, 4) is 11.5 Å². The van der Waals surface area contributed by atoms with Crippen LogP contribution in [0.25, 0.3) is 11.5 Å². The number of aromatic nitrogens is 4. The Bertz CT molecular complexity index is 1490. The lowest BCUT2D eigenvalue weighted by atomic mass is 9.97. The molecule has 0 saturated carbocycles. The summed E-state index contributed by atoms with van der Waals surface area (Å²) in [7, 11) is -2.51. The van der Waals surface area contributed by atoms with E-state index in [0.29, 0.717) is 16.7 Å². The fraction of sp³-hybridized carbons (Fsp3) is 0.227. The van der Waals surface area contributed by atoms with Crippen LogP contribution in [0.3, 0.4) is 0 Å². The van der Waals surface area contributed by atoms with E-state index in [9.17, 15) is 26.7 Å². The fourth-order valence-electron chi connectivity index (χ4n) is 4.07. The lowest BCUT2D eigenvalue weighted by Crippen LogP contribution is -2.33. The summed E-state index contributed by atoms with van der Waals surface area (Å²) in [5.74, 6) is -1.61. The van der Waals surface area contributed by atoms with Crippen LogP contribution in [-0.4, -0.2) is 37.8 Å². The summed E-state index contributed by atoms with van der Waals surface area (Å²) in [5.41, 5.74) is 1.34. The molecule has 1 aliphatic rings. The number of hydrogen-bond acceptors (Lipinski definition) is 7. The van der Waals surface area contributed by atoms with Crippen molar-refractivity contribution in [1.82, 2.24) is 24.3 Å². The zero-order valence-corrected chi connectivity index (χ0v) is 18.9. The van der Waals surface area contributed by atoms with Crippen LogP contribution in [0.2, 0.25) is 0 Å². The third kappa shape index (κ3) is 4.11. The van der Waals surface area contributed by atoms with E-state index in [0.717, 1.165) is 4.31 Å². The number of halogens is 3. The summed E-state index contributed by atoms with van der Waals surface area (Å²) in [4.78, 5) is -0.0769. The molecule has 3 heterocycles. The third-order valence-electron chi connectivity index (χ3n) is 5.74. The first-order chi connectivity index (χ1) is 16.6. The van der Waals surface area contributed by atoms with Gasteiger partial charge in [0.15, 0.2) is 0 Å². The topological polar surface area (TPSA) is 114 Å². The molecule has 2 unspecified atom stereocenters. The molecule has 0 bridgehead atoms. The maximum absolute atomic E-state index is 13.6. The molecule has 5 rings (SSSR count).